The lowest BCUT2D eigenvalue weighted by Gasteiger charge is -2.29. The smallest absolute Gasteiger partial charge is 0.328 e. The minimum absolute atomic E-state index is 0.174. The van der Waals surface area contributed by atoms with Gasteiger partial charge < -0.3 is 24.2 Å². The number of carboxylic acids is 1. The molecule has 0 aliphatic heterocycles. The highest BCUT2D eigenvalue weighted by Crippen LogP contribution is 2.39. The van der Waals surface area contributed by atoms with E-state index in [0.717, 1.165) is 44.9 Å². The SMILES string of the molecule is C=CCCC(=O)N(C)C(COC(c1ccccc1-c1ccc(OC)cc1)c1ccccc1-c1ccc(OC)cc1)C(=O)O. The fourth-order valence-corrected chi connectivity index (χ4v) is 4.98. The fourth-order valence-electron chi connectivity index (χ4n) is 4.98. The van der Waals surface area contributed by atoms with Gasteiger partial charge in [-0.25, -0.2) is 4.79 Å². The van der Waals surface area contributed by atoms with Crippen molar-refractivity contribution in [2.45, 2.75) is 25.0 Å². The monoisotopic (exact) mass is 579 g/mol. The van der Waals surface area contributed by atoms with Crippen molar-refractivity contribution < 1.29 is 28.9 Å². The zero-order valence-corrected chi connectivity index (χ0v) is 24.7. The van der Waals surface area contributed by atoms with Crippen molar-refractivity contribution >= 4 is 11.9 Å². The van der Waals surface area contributed by atoms with Crippen molar-refractivity contribution in [2.24, 2.45) is 0 Å². The van der Waals surface area contributed by atoms with E-state index in [-0.39, 0.29) is 18.9 Å². The summed E-state index contributed by atoms with van der Waals surface area (Å²) < 4.78 is 17.3. The molecule has 0 fully saturated rings. The number of nitrogens with zero attached hydrogens (tertiary/aromatic N) is 1. The molecule has 0 radical (unpaired) electrons. The largest absolute Gasteiger partial charge is 0.497 e. The second kappa shape index (κ2) is 14.8. The van der Waals surface area contributed by atoms with Gasteiger partial charge in [-0.15, -0.1) is 6.58 Å². The molecule has 4 aromatic rings. The maximum Gasteiger partial charge on any atom is 0.328 e. The van der Waals surface area contributed by atoms with E-state index in [4.69, 9.17) is 14.2 Å². The van der Waals surface area contributed by atoms with Gasteiger partial charge >= 0.3 is 5.97 Å². The Hall–Kier alpha value is -4.88. The van der Waals surface area contributed by atoms with Gasteiger partial charge in [-0.1, -0.05) is 78.9 Å². The van der Waals surface area contributed by atoms with Gasteiger partial charge in [0.15, 0.2) is 6.04 Å². The lowest BCUT2D eigenvalue weighted by atomic mass is 9.88. The van der Waals surface area contributed by atoms with Crippen molar-refractivity contribution in [3.63, 3.8) is 0 Å². The van der Waals surface area contributed by atoms with Gasteiger partial charge in [0.2, 0.25) is 5.91 Å². The van der Waals surface area contributed by atoms with Gasteiger partial charge in [0.05, 0.1) is 20.8 Å². The van der Waals surface area contributed by atoms with Crippen LogP contribution in [0.2, 0.25) is 0 Å². The van der Waals surface area contributed by atoms with Gasteiger partial charge in [-0.05, 0) is 64.1 Å². The van der Waals surface area contributed by atoms with Crippen LogP contribution >= 0.6 is 0 Å². The van der Waals surface area contributed by atoms with E-state index in [1.807, 2.05) is 97.1 Å². The third-order valence-corrected chi connectivity index (χ3v) is 7.42. The molecule has 1 amide bonds. The quantitative estimate of drug-likeness (QED) is 0.162. The molecule has 7 heteroatoms. The summed E-state index contributed by atoms with van der Waals surface area (Å²) in [6.07, 6.45) is 1.62. The van der Waals surface area contributed by atoms with E-state index in [2.05, 4.69) is 6.58 Å². The summed E-state index contributed by atoms with van der Waals surface area (Å²) >= 11 is 0. The van der Waals surface area contributed by atoms with E-state index in [0.29, 0.717) is 6.42 Å². The molecule has 0 saturated heterocycles. The highest BCUT2D eigenvalue weighted by Gasteiger charge is 2.30. The van der Waals surface area contributed by atoms with Crippen LogP contribution in [-0.2, 0) is 14.3 Å². The molecule has 1 unspecified atom stereocenters. The first-order valence-electron chi connectivity index (χ1n) is 14.1. The van der Waals surface area contributed by atoms with Crippen LogP contribution in [0.1, 0.15) is 30.1 Å². The number of hydrogen-bond acceptors (Lipinski definition) is 5. The number of likely N-dealkylation sites (N-methyl/N-ethyl adjacent to an activating group) is 1. The van der Waals surface area contributed by atoms with E-state index in [1.54, 1.807) is 20.3 Å². The van der Waals surface area contributed by atoms with Gasteiger partial charge in [0.25, 0.3) is 0 Å². The minimum Gasteiger partial charge on any atom is -0.497 e. The molecule has 0 aliphatic rings. The Labute approximate surface area is 253 Å². The fraction of sp³-hybridized carbons (Fsp3) is 0.222. The topological polar surface area (TPSA) is 85.3 Å². The second-order valence-electron chi connectivity index (χ2n) is 10.0. The predicted molar refractivity (Wildman–Crippen MR) is 168 cm³/mol. The molecule has 0 bridgehead atoms. The van der Waals surface area contributed by atoms with E-state index >= 15 is 0 Å². The Morgan fingerprint density at radius 2 is 1.26 bits per heavy atom. The highest BCUT2D eigenvalue weighted by molar-refractivity contribution is 5.83. The summed E-state index contributed by atoms with van der Waals surface area (Å²) in [5.74, 6) is 0.0597. The molecule has 0 aliphatic carbocycles. The molecule has 222 valence electrons. The maximum atomic E-state index is 12.8. The molecule has 1 N–H and O–H groups in total. The number of carbonyl (C=O) groups excluding carboxylic acids is 1. The van der Waals surface area contributed by atoms with Crippen LogP contribution in [0.4, 0.5) is 0 Å². The predicted octanol–water partition coefficient (Wildman–Crippen LogP) is 7.02. The number of methoxy groups -OCH3 is 2. The van der Waals surface area contributed by atoms with Crippen LogP contribution in [0.5, 0.6) is 11.5 Å². The lowest BCUT2D eigenvalue weighted by molar-refractivity contribution is -0.152. The van der Waals surface area contributed by atoms with Crippen molar-refractivity contribution in [3.05, 3.63) is 121 Å². The van der Waals surface area contributed by atoms with Crippen molar-refractivity contribution in [1.82, 2.24) is 4.90 Å². The number of benzene rings is 4. The molecule has 4 rings (SSSR count). The summed E-state index contributed by atoms with van der Waals surface area (Å²) in [6.45, 7) is 3.44. The molecule has 43 heavy (non-hydrogen) atoms. The number of hydrogen-bond donors (Lipinski definition) is 1. The molecular weight excluding hydrogens is 542 g/mol. The highest BCUT2D eigenvalue weighted by atomic mass is 16.5. The van der Waals surface area contributed by atoms with Crippen molar-refractivity contribution in [1.29, 1.82) is 0 Å². The molecule has 0 heterocycles. The summed E-state index contributed by atoms with van der Waals surface area (Å²) in [7, 11) is 4.75. The van der Waals surface area contributed by atoms with Crippen LogP contribution in [0, 0.1) is 0 Å². The number of carbonyl (C=O) groups is 2. The number of rotatable bonds is 14. The van der Waals surface area contributed by atoms with Crippen LogP contribution in [0.25, 0.3) is 22.3 Å². The number of allylic oxidation sites excluding steroid dienone is 1. The van der Waals surface area contributed by atoms with E-state index < -0.39 is 18.1 Å². The van der Waals surface area contributed by atoms with E-state index in [1.165, 1.54) is 11.9 Å². The van der Waals surface area contributed by atoms with Crippen LogP contribution in [-0.4, -0.2) is 55.8 Å². The average molecular weight is 580 g/mol. The van der Waals surface area contributed by atoms with Crippen LogP contribution in [0.3, 0.4) is 0 Å². The zero-order valence-electron chi connectivity index (χ0n) is 24.7. The molecule has 7 nitrogen and oxygen atoms in total. The summed E-state index contributed by atoms with van der Waals surface area (Å²) in [6, 6.07) is 30.2. The summed E-state index contributed by atoms with van der Waals surface area (Å²) in [4.78, 5) is 26.4. The van der Waals surface area contributed by atoms with Gasteiger partial charge in [0, 0.05) is 13.5 Å². The number of amides is 1. The average Bonchev–Trinajstić information content (AvgIpc) is 3.05. The Morgan fingerprint density at radius 3 is 1.67 bits per heavy atom. The molecular formula is C36H37NO6. The summed E-state index contributed by atoms with van der Waals surface area (Å²) in [5.41, 5.74) is 5.50. The minimum atomic E-state index is -1.18. The lowest BCUT2D eigenvalue weighted by Crippen LogP contribution is -2.45. The first-order valence-corrected chi connectivity index (χ1v) is 14.1. The Morgan fingerprint density at radius 1 is 0.791 bits per heavy atom. The van der Waals surface area contributed by atoms with Gasteiger partial charge in [0.1, 0.15) is 17.6 Å². The van der Waals surface area contributed by atoms with Crippen LogP contribution in [0.15, 0.2) is 110 Å². The number of carboxylic acid groups (broad SMARTS) is 1. The van der Waals surface area contributed by atoms with Crippen molar-refractivity contribution in [2.75, 3.05) is 27.9 Å². The molecule has 0 spiro atoms. The van der Waals surface area contributed by atoms with Gasteiger partial charge in [-0.2, -0.15) is 0 Å². The Kier molecular flexibility index (Phi) is 10.7. The normalized spacial score (nSPS) is 11.5. The van der Waals surface area contributed by atoms with Crippen molar-refractivity contribution in [3.8, 4) is 33.8 Å². The third-order valence-electron chi connectivity index (χ3n) is 7.42. The van der Waals surface area contributed by atoms with Crippen LogP contribution < -0.4 is 9.47 Å². The number of aliphatic carboxylic acids is 1. The summed E-state index contributed by atoms with van der Waals surface area (Å²) in [5, 5.41) is 10.1. The van der Waals surface area contributed by atoms with Gasteiger partial charge in [-0.3, -0.25) is 4.79 Å². The molecule has 0 aromatic heterocycles. The molecule has 1 atom stereocenters. The first-order chi connectivity index (χ1) is 20.9. The zero-order chi connectivity index (χ0) is 30.8. The van der Waals surface area contributed by atoms with E-state index in [9.17, 15) is 14.7 Å². The second-order valence-corrected chi connectivity index (χ2v) is 10.0. The molecule has 0 saturated carbocycles. The number of ether oxygens (including phenoxy) is 3. The maximum absolute atomic E-state index is 12.8. The molecule has 4 aromatic carbocycles. The Balaban J connectivity index is 1.81. The standard InChI is InChI=1S/C36H37NO6/c1-5-6-15-34(38)37(2)33(36(39)40)24-43-35(31-13-9-7-11-29(31)25-16-20-27(41-3)21-17-25)32-14-10-8-12-30(32)26-18-22-28(42-4)23-19-26/h5,7-14,16-23,33,35H,1,6,15,24H2,2-4H3,(H,39,40). The third kappa shape index (κ3) is 7.50. The first kappa shape index (κ1) is 31.1. The Bertz CT molecular complexity index is 1440.